The SMILES string of the molecule is CC[C@@H](C(=O)NCC(C)C)N(Cc1ccc(Cl)c(Cl)c1)C(=O)CN(c1cccc(Cl)c1Cl)S(=O)(=O)c1ccc(C)cc1. The molecule has 0 saturated heterocycles. The van der Waals surface area contributed by atoms with Crippen molar-refractivity contribution < 1.29 is 18.0 Å². The van der Waals surface area contributed by atoms with E-state index in [4.69, 9.17) is 46.4 Å². The molecule has 1 atom stereocenters. The van der Waals surface area contributed by atoms with Gasteiger partial charge in [-0.3, -0.25) is 13.9 Å². The van der Waals surface area contributed by atoms with Gasteiger partial charge in [-0.15, -0.1) is 0 Å². The van der Waals surface area contributed by atoms with Gasteiger partial charge in [0.2, 0.25) is 11.8 Å². The Morgan fingerprint density at radius 1 is 0.905 bits per heavy atom. The maximum absolute atomic E-state index is 14.2. The normalized spacial score (nSPS) is 12.2. The first-order chi connectivity index (χ1) is 19.8. The van der Waals surface area contributed by atoms with Gasteiger partial charge >= 0.3 is 0 Å². The second kappa shape index (κ2) is 14.8. The third-order valence-corrected chi connectivity index (χ3v) is 9.82. The maximum Gasteiger partial charge on any atom is 0.264 e. The van der Waals surface area contributed by atoms with E-state index >= 15 is 0 Å². The highest BCUT2D eigenvalue weighted by atomic mass is 35.5. The minimum absolute atomic E-state index is 0.0228. The van der Waals surface area contributed by atoms with Crippen LogP contribution in [-0.4, -0.2) is 44.3 Å². The molecule has 3 aromatic carbocycles. The molecule has 0 fully saturated rings. The van der Waals surface area contributed by atoms with Crippen molar-refractivity contribution in [3.05, 3.63) is 91.9 Å². The largest absolute Gasteiger partial charge is 0.354 e. The van der Waals surface area contributed by atoms with Crippen LogP contribution in [0.4, 0.5) is 5.69 Å². The quantitative estimate of drug-likeness (QED) is 0.218. The monoisotopic (exact) mass is 671 g/mol. The second-order valence-corrected chi connectivity index (χ2v) is 13.7. The van der Waals surface area contributed by atoms with Crippen molar-refractivity contribution in [2.45, 2.75) is 51.6 Å². The van der Waals surface area contributed by atoms with Gasteiger partial charge in [-0.2, -0.15) is 0 Å². The maximum atomic E-state index is 14.2. The number of nitrogens with one attached hydrogen (secondary N) is 1. The van der Waals surface area contributed by atoms with Gasteiger partial charge in [0.05, 0.1) is 30.7 Å². The molecule has 0 unspecified atom stereocenters. The smallest absolute Gasteiger partial charge is 0.264 e. The molecule has 0 spiro atoms. The fourth-order valence-corrected chi connectivity index (χ4v) is 6.41. The van der Waals surface area contributed by atoms with Crippen molar-refractivity contribution in [2.75, 3.05) is 17.4 Å². The van der Waals surface area contributed by atoms with E-state index in [9.17, 15) is 18.0 Å². The molecule has 0 radical (unpaired) electrons. The summed E-state index contributed by atoms with van der Waals surface area (Å²) in [6, 6.07) is 14.8. The summed E-state index contributed by atoms with van der Waals surface area (Å²) in [6.07, 6.45) is 0.277. The van der Waals surface area contributed by atoms with Crippen molar-refractivity contribution >= 4 is 73.9 Å². The van der Waals surface area contributed by atoms with Gasteiger partial charge in [0.15, 0.2) is 0 Å². The summed E-state index contributed by atoms with van der Waals surface area (Å²) in [5.41, 5.74) is 1.51. The Morgan fingerprint density at radius 3 is 2.17 bits per heavy atom. The lowest BCUT2D eigenvalue weighted by Gasteiger charge is -2.33. The molecule has 0 heterocycles. The van der Waals surface area contributed by atoms with Gasteiger partial charge in [0, 0.05) is 13.1 Å². The molecule has 0 aliphatic heterocycles. The molecule has 0 bridgehead atoms. The molecular weight excluding hydrogens is 640 g/mol. The van der Waals surface area contributed by atoms with Crippen LogP contribution in [0, 0.1) is 12.8 Å². The summed E-state index contributed by atoms with van der Waals surface area (Å²) < 4.78 is 28.9. The molecule has 0 aromatic heterocycles. The summed E-state index contributed by atoms with van der Waals surface area (Å²) in [7, 11) is -4.29. The van der Waals surface area contributed by atoms with E-state index in [1.165, 1.54) is 29.2 Å². The van der Waals surface area contributed by atoms with Crippen LogP contribution in [0.2, 0.25) is 20.1 Å². The zero-order chi connectivity index (χ0) is 31.2. The molecule has 0 aliphatic carbocycles. The molecule has 0 saturated carbocycles. The number of amides is 2. The van der Waals surface area contributed by atoms with Crippen LogP contribution in [0.1, 0.15) is 38.3 Å². The fourth-order valence-electron chi connectivity index (χ4n) is 4.21. The van der Waals surface area contributed by atoms with Gasteiger partial charge in [0.1, 0.15) is 12.6 Å². The van der Waals surface area contributed by atoms with Gasteiger partial charge in [-0.1, -0.05) is 97.0 Å². The van der Waals surface area contributed by atoms with Crippen molar-refractivity contribution in [1.29, 1.82) is 0 Å². The number of sulfonamides is 1. The van der Waals surface area contributed by atoms with Crippen molar-refractivity contribution in [1.82, 2.24) is 10.2 Å². The van der Waals surface area contributed by atoms with E-state index in [1.807, 2.05) is 20.8 Å². The fraction of sp³-hybridized carbons (Fsp3) is 0.333. The Labute approximate surface area is 267 Å². The lowest BCUT2D eigenvalue weighted by molar-refractivity contribution is -0.140. The first kappa shape index (κ1) is 34.0. The number of nitrogens with zero attached hydrogens (tertiary/aromatic N) is 2. The summed E-state index contributed by atoms with van der Waals surface area (Å²) in [4.78, 5) is 28.8. The van der Waals surface area contributed by atoms with E-state index in [1.54, 1.807) is 43.3 Å². The Morgan fingerprint density at radius 2 is 1.57 bits per heavy atom. The van der Waals surface area contributed by atoms with Crippen LogP contribution < -0.4 is 9.62 Å². The highest BCUT2D eigenvalue weighted by Gasteiger charge is 2.34. The standard InChI is InChI=1S/C30H33Cl4N3O4S/c1-5-26(30(39)35-16-19(2)3)36(17-21-11-14-23(31)25(33)15-21)28(38)18-37(27-8-6-7-24(32)29(27)34)42(40,41)22-12-9-20(4)10-13-22/h6-15,19,26H,5,16-18H2,1-4H3,(H,35,39)/t26-/m0/s1. The minimum atomic E-state index is -4.29. The number of anilines is 1. The number of carbonyl (C=O) groups excluding carboxylic acids is 2. The number of hydrogen-bond donors (Lipinski definition) is 1. The molecule has 1 N–H and O–H groups in total. The van der Waals surface area contributed by atoms with Crippen LogP contribution in [-0.2, 0) is 26.2 Å². The van der Waals surface area contributed by atoms with Gasteiger partial charge < -0.3 is 10.2 Å². The zero-order valence-electron chi connectivity index (χ0n) is 23.7. The Kier molecular flexibility index (Phi) is 12.0. The van der Waals surface area contributed by atoms with Crippen LogP contribution in [0.25, 0.3) is 0 Å². The van der Waals surface area contributed by atoms with E-state index < -0.39 is 28.5 Å². The molecule has 0 aliphatic rings. The topological polar surface area (TPSA) is 86.8 Å². The predicted molar refractivity (Wildman–Crippen MR) is 171 cm³/mol. The Hall–Kier alpha value is -2.49. The summed E-state index contributed by atoms with van der Waals surface area (Å²) in [5, 5.41) is 3.61. The Bertz CT molecular complexity index is 1530. The Balaban J connectivity index is 2.10. The highest BCUT2D eigenvalue weighted by molar-refractivity contribution is 7.92. The number of hydrogen-bond acceptors (Lipinski definition) is 4. The minimum Gasteiger partial charge on any atom is -0.354 e. The molecular formula is C30H33Cl4N3O4S. The lowest BCUT2D eigenvalue weighted by atomic mass is 10.1. The van der Waals surface area contributed by atoms with Crippen LogP contribution in [0.5, 0.6) is 0 Å². The molecule has 7 nitrogen and oxygen atoms in total. The van der Waals surface area contributed by atoms with Crippen molar-refractivity contribution in [3.63, 3.8) is 0 Å². The first-order valence-electron chi connectivity index (χ1n) is 13.3. The number of aryl methyl sites for hydroxylation is 1. The van der Waals surface area contributed by atoms with Gasteiger partial charge in [-0.25, -0.2) is 8.42 Å². The van der Waals surface area contributed by atoms with E-state index in [2.05, 4.69) is 5.32 Å². The van der Waals surface area contributed by atoms with E-state index in [-0.39, 0.29) is 50.4 Å². The highest BCUT2D eigenvalue weighted by Crippen LogP contribution is 2.36. The number of rotatable bonds is 12. The molecule has 12 heteroatoms. The summed E-state index contributed by atoms with van der Waals surface area (Å²) >= 11 is 25.1. The summed E-state index contributed by atoms with van der Waals surface area (Å²) in [5.74, 6) is -0.793. The number of carbonyl (C=O) groups is 2. The second-order valence-electron chi connectivity index (χ2n) is 10.2. The third-order valence-electron chi connectivity index (χ3n) is 6.50. The third kappa shape index (κ3) is 8.32. The zero-order valence-corrected chi connectivity index (χ0v) is 27.5. The van der Waals surface area contributed by atoms with Gasteiger partial charge in [-0.05, 0) is 61.2 Å². The van der Waals surface area contributed by atoms with Crippen molar-refractivity contribution in [3.8, 4) is 0 Å². The predicted octanol–water partition coefficient (Wildman–Crippen LogP) is 7.38. The average molecular weight is 673 g/mol. The molecule has 2 amide bonds. The van der Waals surface area contributed by atoms with Crippen molar-refractivity contribution in [2.24, 2.45) is 5.92 Å². The lowest BCUT2D eigenvalue weighted by Crippen LogP contribution is -2.52. The number of halogens is 4. The van der Waals surface area contributed by atoms with Crippen LogP contribution in [0.3, 0.4) is 0 Å². The molecule has 42 heavy (non-hydrogen) atoms. The van der Waals surface area contributed by atoms with E-state index in [0.29, 0.717) is 17.1 Å². The average Bonchev–Trinajstić information content (AvgIpc) is 2.94. The molecule has 226 valence electrons. The van der Waals surface area contributed by atoms with Gasteiger partial charge in [0.25, 0.3) is 10.0 Å². The number of benzene rings is 3. The van der Waals surface area contributed by atoms with Crippen LogP contribution >= 0.6 is 46.4 Å². The first-order valence-corrected chi connectivity index (χ1v) is 16.3. The summed E-state index contributed by atoms with van der Waals surface area (Å²) in [6.45, 7) is 7.28. The van der Waals surface area contributed by atoms with E-state index in [0.717, 1.165) is 9.87 Å². The molecule has 3 rings (SSSR count). The molecule has 3 aromatic rings. The van der Waals surface area contributed by atoms with Crippen LogP contribution in [0.15, 0.2) is 65.6 Å².